The largest absolute Gasteiger partial charge is 0.338 e. The first-order valence-electron chi connectivity index (χ1n) is 8.30. The van der Waals surface area contributed by atoms with Crippen LogP contribution in [0.25, 0.3) is 0 Å². The Balaban J connectivity index is 1.91. The van der Waals surface area contributed by atoms with Gasteiger partial charge in [0.05, 0.1) is 10.8 Å². The zero-order valence-electron chi connectivity index (χ0n) is 13.7. The van der Waals surface area contributed by atoms with E-state index in [9.17, 15) is 13.2 Å². The van der Waals surface area contributed by atoms with E-state index in [2.05, 4.69) is 0 Å². The highest BCUT2D eigenvalue weighted by Gasteiger charge is 2.43. The van der Waals surface area contributed by atoms with Gasteiger partial charge >= 0.3 is 0 Å². The molecule has 0 radical (unpaired) electrons. The van der Waals surface area contributed by atoms with Gasteiger partial charge in [0, 0.05) is 25.7 Å². The number of benzene rings is 1. The van der Waals surface area contributed by atoms with E-state index in [0.717, 1.165) is 31.4 Å². The number of hydrogen-bond acceptors (Lipinski definition) is 3. The summed E-state index contributed by atoms with van der Waals surface area (Å²) in [6, 6.07) is 7.01. The Morgan fingerprint density at radius 1 is 1.22 bits per heavy atom. The number of carbonyl (C=O) groups excluding carboxylic acids is 1. The predicted molar refractivity (Wildman–Crippen MR) is 88.5 cm³/mol. The van der Waals surface area contributed by atoms with Crippen molar-refractivity contribution in [2.45, 2.75) is 44.0 Å². The van der Waals surface area contributed by atoms with Crippen molar-refractivity contribution in [1.29, 1.82) is 0 Å². The third kappa shape index (κ3) is 3.02. The van der Waals surface area contributed by atoms with E-state index >= 15 is 0 Å². The normalized spacial score (nSPS) is 25.7. The van der Waals surface area contributed by atoms with Gasteiger partial charge in [-0.05, 0) is 43.9 Å². The van der Waals surface area contributed by atoms with E-state index in [0.29, 0.717) is 18.0 Å². The monoisotopic (exact) mass is 336 g/mol. The van der Waals surface area contributed by atoms with Crippen molar-refractivity contribution >= 4 is 15.9 Å². The first kappa shape index (κ1) is 16.5. The smallest absolute Gasteiger partial charge is 0.243 e. The maximum absolute atomic E-state index is 13.0. The Morgan fingerprint density at radius 3 is 2.70 bits per heavy atom. The van der Waals surface area contributed by atoms with Gasteiger partial charge in [-0.2, -0.15) is 4.31 Å². The van der Waals surface area contributed by atoms with Gasteiger partial charge in [0.15, 0.2) is 0 Å². The molecule has 2 unspecified atom stereocenters. The van der Waals surface area contributed by atoms with Crippen LogP contribution in [0.15, 0.2) is 29.2 Å². The van der Waals surface area contributed by atoms with Crippen LogP contribution in [0.3, 0.4) is 0 Å². The van der Waals surface area contributed by atoms with Crippen LogP contribution in [0.2, 0.25) is 0 Å². The average molecular weight is 336 g/mol. The molecule has 126 valence electrons. The molecule has 0 aliphatic carbocycles. The van der Waals surface area contributed by atoms with Crippen molar-refractivity contribution in [3.63, 3.8) is 0 Å². The summed E-state index contributed by atoms with van der Waals surface area (Å²) in [4.78, 5) is 14.8. The Kier molecular flexibility index (Phi) is 4.47. The van der Waals surface area contributed by atoms with Crippen LogP contribution < -0.4 is 0 Å². The van der Waals surface area contributed by atoms with E-state index in [1.807, 2.05) is 24.8 Å². The molecule has 3 aliphatic rings. The lowest BCUT2D eigenvalue weighted by atomic mass is 9.94. The van der Waals surface area contributed by atoms with Gasteiger partial charge < -0.3 is 4.90 Å². The van der Waals surface area contributed by atoms with Crippen LogP contribution >= 0.6 is 0 Å². The molecule has 3 aliphatic heterocycles. The molecule has 3 heterocycles. The quantitative estimate of drug-likeness (QED) is 0.845. The number of piperidine rings is 1. The summed E-state index contributed by atoms with van der Waals surface area (Å²) in [7, 11) is -3.54. The van der Waals surface area contributed by atoms with Crippen LogP contribution in [0, 0.1) is 12.8 Å². The second-order valence-corrected chi connectivity index (χ2v) is 8.54. The molecule has 2 bridgehead atoms. The molecule has 6 heteroatoms. The minimum Gasteiger partial charge on any atom is -0.338 e. The van der Waals surface area contributed by atoms with Crippen LogP contribution in [0.1, 0.15) is 31.7 Å². The number of amides is 1. The predicted octanol–water partition coefficient (Wildman–Crippen LogP) is 2.02. The number of aryl methyl sites for hydroxylation is 1. The zero-order valence-corrected chi connectivity index (χ0v) is 14.6. The van der Waals surface area contributed by atoms with Crippen LogP contribution in [-0.4, -0.2) is 49.2 Å². The topological polar surface area (TPSA) is 57.7 Å². The minimum absolute atomic E-state index is 0.0146. The molecule has 23 heavy (non-hydrogen) atoms. The van der Waals surface area contributed by atoms with E-state index in [1.165, 1.54) is 4.31 Å². The minimum atomic E-state index is -3.54. The van der Waals surface area contributed by atoms with Crippen LogP contribution in [-0.2, 0) is 14.8 Å². The van der Waals surface area contributed by atoms with Crippen LogP contribution in [0.4, 0.5) is 0 Å². The number of fused-ring (bicyclic) bond motifs is 4. The SMILES string of the molecule is CCCN1C(=O)C2CCC1CN(S(=O)(=O)c1cccc(C)c1)C2. The standard InChI is InChI=1S/C17H24N2O3S/c1-3-9-19-15-8-7-14(17(19)20)11-18(12-15)23(21,22)16-6-4-5-13(2)10-16/h4-6,10,14-15H,3,7-9,11-12H2,1-2H3. The molecule has 0 saturated carbocycles. The third-order valence-electron chi connectivity index (χ3n) is 4.85. The summed E-state index contributed by atoms with van der Waals surface area (Å²) in [6.45, 7) is 5.38. The summed E-state index contributed by atoms with van der Waals surface area (Å²) in [6.07, 6.45) is 2.60. The van der Waals surface area contributed by atoms with Gasteiger partial charge in [-0.3, -0.25) is 4.79 Å². The Bertz CT molecular complexity index is 702. The average Bonchev–Trinajstić information content (AvgIpc) is 2.81. The Morgan fingerprint density at radius 2 is 2.00 bits per heavy atom. The molecule has 4 rings (SSSR count). The third-order valence-corrected chi connectivity index (χ3v) is 6.68. The molecule has 1 aromatic rings. The molecule has 3 fully saturated rings. The van der Waals surface area contributed by atoms with E-state index in [-0.39, 0.29) is 17.9 Å². The zero-order chi connectivity index (χ0) is 16.6. The van der Waals surface area contributed by atoms with Crippen molar-refractivity contribution in [2.75, 3.05) is 19.6 Å². The molecular formula is C17H24N2O3S. The van der Waals surface area contributed by atoms with Crippen molar-refractivity contribution < 1.29 is 13.2 Å². The maximum atomic E-state index is 13.0. The fraction of sp³-hybridized carbons (Fsp3) is 0.588. The van der Waals surface area contributed by atoms with Gasteiger partial charge in [-0.1, -0.05) is 19.1 Å². The van der Waals surface area contributed by atoms with E-state index in [1.54, 1.807) is 18.2 Å². The second-order valence-electron chi connectivity index (χ2n) is 6.60. The summed E-state index contributed by atoms with van der Waals surface area (Å²) >= 11 is 0. The van der Waals surface area contributed by atoms with E-state index < -0.39 is 10.0 Å². The lowest BCUT2D eigenvalue weighted by Gasteiger charge is -2.35. The van der Waals surface area contributed by atoms with Gasteiger partial charge in [0.25, 0.3) is 0 Å². The van der Waals surface area contributed by atoms with Crippen molar-refractivity contribution in [3.8, 4) is 0 Å². The maximum Gasteiger partial charge on any atom is 0.243 e. The van der Waals surface area contributed by atoms with Crippen molar-refractivity contribution in [1.82, 2.24) is 9.21 Å². The van der Waals surface area contributed by atoms with Gasteiger partial charge in [-0.25, -0.2) is 8.42 Å². The summed E-state index contributed by atoms with van der Waals surface area (Å²) in [5, 5.41) is 0. The van der Waals surface area contributed by atoms with Gasteiger partial charge in [0.2, 0.25) is 15.9 Å². The first-order valence-corrected chi connectivity index (χ1v) is 9.74. The first-order chi connectivity index (χ1) is 10.9. The molecule has 1 amide bonds. The Hall–Kier alpha value is -1.40. The van der Waals surface area contributed by atoms with Gasteiger partial charge in [0.1, 0.15) is 0 Å². The number of carbonyl (C=O) groups is 1. The molecule has 0 spiro atoms. The van der Waals surface area contributed by atoms with Crippen molar-refractivity contribution in [2.24, 2.45) is 5.92 Å². The molecule has 5 nitrogen and oxygen atoms in total. The van der Waals surface area contributed by atoms with Crippen LogP contribution in [0.5, 0.6) is 0 Å². The second kappa shape index (κ2) is 6.24. The van der Waals surface area contributed by atoms with Gasteiger partial charge in [-0.15, -0.1) is 0 Å². The molecular weight excluding hydrogens is 312 g/mol. The molecule has 2 atom stereocenters. The number of rotatable bonds is 4. The highest BCUT2D eigenvalue weighted by atomic mass is 32.2. The number of hydrogen-bond donors (Lipinski definition) is 0. The van der Waals surface area contributed by atoms with Crippen molar-refractivity contribution in [3.05, 3.63) is 29.8 Å². The molecule has 0 aromatic heterocycles. The Labute approximate surface area is 138 Å². The highest BCUT2D eigenvalue weighted by molar-refractivity contribution is 7.89. The molecule has 0 N–H and O–H groups in total. The fourth-order valence-corrected chi connectivity index (χ4v) is 5.28. The summed E-state index contributed by atoms with van der Waals surface area (Å²) in [5.74, 6) is -0.0649. The lowest BCUT2D eigenvalue weighted by Crippen LogP contribution is -2.48. The summed E-state index contributed by atoms with van der Waals surface area (Å²) < 4.78 is 27.5. The number of sulfonamides is 1. The molecule has 3 saturated heterocycles. The molecule has 1 aromatic carbocycles. The fourth-order valence-electron chi connectivity index (χ4n) is 3.66. The highest BCUT2D eigenvalue weighted by Crippen LogP contribution is 2.32. The summed E-state index contributed by atoms with van der Waals surface area (Å²) in [5.41, 5.74) is 0.924. The van der Waals surface area contributed by atoms with E-state index in [4.69, 9.17) is 0 Å². The lowest BCUT2D eigenvalue weighted by molar-refractivity contribution is -0.139. The number of nitrogens with zero attached hydrogens (tertiary/aromatic N) is 2.